The van der Waals surface area contributed by atoms with Gasteiger partial charge >= 0.3 is 0 Å². The normalized spacial score (nSPS) is 30.1. The minimum absolute atomic E-state index is 0.152. The third-order valence-corrected chi connectivity index (χ3v) is 2.02. The summed E-state index contributed by atoms with van der Waals surface area (Å²) in [6, 6.07) is 0. The molecule has 1 rings (SSSR count). The number of morpholine rings is 1. The Morgan fingerprint density at radius 1 is 1.54 bits per heavy atom. The zero-order chi connectivity index (χ0) is 9.84. The van der Waals surface area contributed by atoms with Crippen molar-refractivity contribution in [2.45, 2.75) is 26.1 Å². The number of hydrogen-bond acceptors (Lipinski definition) is 4. The molecule has 5 nitrogen and oxygen atoms in total. The Hall–Kier alpha value is -0.650. The average Bonchev–Trinajstić information content (AvgIpc) is 2.02. The zero-order valence-electron chi connectivity index (χ0n) is 8.12. The molecule has 0 aromatic carbocycles. The topological polar surface area (TPSA) is 67.6 Å². The largest absolute Gasteiger partial charge is 0.373 e. The summed E-state index contributed by atoms with van der Waals surface area (Å²) in [5, 5.41) is 0. The molecular formula is C8H17N3O2. The molecule has 1 amide bonds. The van der Waals surface area contributed by atoms with Crippen LogP contribution in [-0.4, -0.2) is 42.6 Å². The molecule has 0 aliphatic carbocycles. The lowest BCUT2D eigenvalue weighted by molar-refractivity contribution is -0.126. The third-order valence-electron chi connectivity index (χ3n) is 2.02. The van der Waals surface area contributed by atoms with E-state index >= 15 is 0 Å². The van der Waals surface area contributed by atoms with Crippen LogP contribution in [0.15, 0.2) is 0 Å². The molecule has 0 spiro atoms. The van der Waals surface area contributed by atoms with Crippen LogP contribution in [0.2, 0.25) is 0 Å². The van der Waals surface area contributed by atoms with Gasteiger partial charge in [-0.3, -0.25) is 15.1 Å². The highest BCUT2D eigenvalue weighted by molar-refractivity contribution is 5.77. The lowest BCUT2D eigenvalue weighted by atomic mass is 10.2. The minimum atomic E-state index is -0.152. The molecule has 0 radical (unpaired) electrons. The quantitative estimate of drug-likeness (QED) is 0.333. The van der Waals surface area contributed by atoms with Crippen LogP contribution in [0.25, 0.3) is 0 Å². The molecule has 1 saturated heterocycles. The van der Waals surface area contributed by atoms with Gasteiger partial charge in [0.15, 0.2) is 0 Å². The van der Waals surface area contributed by atoms with E-state index in [0.29, 0.717) is 6.54 Å². The van der Waals surface area contributed by atoms with Crippen LogP contribution in [0, 0.1) is 0 Å². The minimum Gasteiger partial charge on any atom is -0.373 e. The molecule has 1 heterocycles. The molecule has 0 saturated carbocycles. The van der Waals surface area contributed by atoms with Gasteiger partial charge < -0.3 is 4.74 Å². The molecule has 0 unspecified atom stereocenters. The second kappa shape index (κ2) is 4.55. The predicted octanol–water partition coefficient (Wildman–Crippen LogP) is -0.914. The van der Waals surface area contributed by atoms with E-state index < -0.39 is 0 Å². The van der Waals surface area contributed by atoms with Gasteiger partial charge in [-0.2, -0.15) is 0 Å². The highest BCUT2D eigenvalue weighted by Gasteiger charge is 2.23. The molecule has 1 aliphatic heterocycles. The van der Waals surface area contributed by atoms with Crippen molar-refractivity contribution in [1.82, 2.24) is 10.3 Å². The van der Waals surface area contributed by atoms with Crippen molar-refractivity contribution in [2.24, 2.45) is 5.84 Å². The number of hydrogen-bond donors (Lipinski definition) is 2. The number of carbonyl (C=O) groups is 1. The van der Waals surface area contributed by atoms with Gasteiger partial charge in [-0.1, -0.05) is 0 Å². The van der Waals surface area contributed by atoms with Crippen molar-refractivity contribution < 1.29 is 9.53 Å². The Labute approximate surface area is 78.2 Å². The molecular weight excluding hydrogens is 170 g/mol. The summed E-state index contributed by atoms with van der Waals surface area (Å²) in [5.74, 6) is 4.85. The van der Waals surface area contributed by atoms with E-state index in [1.54, 1.807) is 0 Å². The van der Waals surface area contributed by atoms with Crippen LogP contribution >= 0.6 is 0 Å². The fraction of sp³-hybridized carbons (Fsp3) is 0.875. The van der Waals surface area contributed by atoms with Crippen molar-refractivity contribution in [2.75, 3.05) is 19.6 Å². The molecule has 0 bridgehead atoms. The van der Waals surface area contributed by atoms with E-state index in [9.17, 15) is 4.79 Å². The first-order chi connectivity index (χ1) is 6.11. The van der Waals surface area contributed by atoms with Crippen molar-refractivity contribution in [3.63, 3.8) is 0 Å². The maximum Gasteiger partial charge on any atom is 0.248 e. The summed E-state index contributed by atoms with van der Waals surface area (Å²) in [6.45, 7) is 5.94. The van der Waals surface area contributed by atoms with Gasteiger partial charge in [0.2, 0.25) is 5.91 Å². The number of nitrogens with one attached hydrogen (secondary N) is 1. The van der Waals surface area contributed by atoms with Crippen LogP contribution in [0.3, 0.4) is 0 Å². The first-order valence-corrected chi connectivity index (χ1v) is 4.49. The number of nitrogens with zero attached hydrogens (tertiary/aromatic N) is 1. The molecule has 5 heteroatoms. The fourth-order valence-corrected chi connectivity index (χ4v) is 1.66. The number of amides is 1. The van der Waals surface area contributed by atoms with E-state index in [1.807, 2.05) is 18.7 Å². The first-order valence-electron chi connectivity index (χ1n) is 4.49. The Bertz CT molecular complexity index is 176. The fourth-order valence-electron chi connectivity index (χ4n) is 1.66. The van der Waals surface area contributed by atoms with Gasteiger partial charge in [-0.05, 0) is 13.8 Å². The van der Waals surface area contributed by atoms with Crippen LogP contribution in [0.1, 0.15) is 13.8 Å². The van der Waals surface area contributed by atoms with Crippen molar-refractivity contribution in [3.8, 4) is 0 Å². The third kappa shape index (κ3) is 3.30. The van der Waals surface area contributed by atoms with Crippen molar-refractivity contribution in [1.29, 1.82) is 0 Å². The maximum atomic E-state index is 11.0. The molecule has 3 N–H and O–H groups in total. The number of carbonyl (C=O) groups excluding carboxylic acids is 1. The predicted molar refractivity (Wildman–Crippen MR) is 48.8 cm³/mol. The molecule has 1 fully saturated rings. The summed E-state index contributed by atoms with van der Waals surface area (Å²) in [4.78, 5) is 13.0. The summed E-state index contributed by atoms with van der Waals surface area (Å²) in [6.07, 6.45) is 0.378. The SMILES string of the molecule is C[C@H]1CN(CC(=O)NN)C[C@H](C)O1. The van der Waals surface area contributed by atoms with Crippen LogP contribution in [0.5, 0.6) is 0 Å². The van der Waals surface area contributed by atoms with Gasteiger partial charge in [-0.15, -0.1) is 0 Å². The number of hydrazine groups is 1. The average molecular weight is 187 g/mol. The second-order valence-electron chi connectivity index (χ2n) is 3.52. The van der Waals surface area contributed by atoms with Gasteiger partial charge in [0.1, 0.15) is 0 Å². The molecule has 2 atom stereocenters. The van der Waals surface area contributed by atoms with Crippen LogP contribution in [-0.2, 0) is 9.53 Å². The van der Waals surface area contributed by atoms with E-state index in [0.717, 1.165) is 13.1 Å². The number of rotatable bonds is 2. The summed E-state index contributed by atoms with van der Waals surface area (Å²) < 4.78 is 5.53. The second-order valence-corrected chi connectivity index (χ2v) is 3.52. The van der Waals surface area contributed by atoms with E-state index in [-0.39, 0.29) is 18.1 Å². The number of nitrogens with two attached hydrogens (primary N) is 1. The molecule has 0 aromatic heterocycles. The molecule has 13 heavy (non-hydrogen) atoms. The van der Waals surface area contributed by atoms with E-state index in [4.69, 9.17) is 10.6 Å². The standard InChI is InChI=1S/C8H17N3O2/c1-6-3-11(4-7(2)13-6)5-8(12)10-9/h6-7H,3-5,9H2,1-2H3,(H,10,12)/t6-,7-/m0/s1. The Balaban J connectivity index is 2.37. The summed E-state index contributed by atoms with van der Waals surface area (Å²) in [7, 11) is 0. The highest BCUT2D eigenvalue weighted by Crippen LogP contribution is 2.09. The van der Waals surface area contributed by atoms with Gasteiger partial charge in [0.05, 0.1) is 18.8 Å². The summed E-state index contributed by atoms with van der Waals surface area (Å²) in [5.41, 5.74) is 2.12. The Morgan fingerprint density at radius 3 is 2.54 bits per heavy atom. The van der Waals surface area contributed by atoms with Crippen LogP contribution in [0.4, 0.5) is 0 Å². The lowest BCUT2D eigenvalue weighted by Gasteiger charge is -2.34. The van der Waals surface area contributed by atoms with Crippen molar-refractivity contribution >= 4 is 5.91 Å². The van der Waals surface area contributed by atoms with Crippen molar-refractivity contribution in [3.05, 3.63) is 0 Å². The smallest absolute Gasteiger partial charge is 0.248 e. The molecule has 0 aromatic rings. The highest BCUT2D eigenvalue weighted by atomic mass is 16.5. The Morgan fingerprint density at radius 2 is 2.08 bits per heavy atom. The monoisotopic (exact) mass is 187 g/mol. The van der Waals surface area contributed by atoms with E-state index in [2.05, 4.69) is 5.43 Å². The lowest BCUT2D eigenvalue weighted by Crippen LogP contribution is -2.49. The number of ether oxygens (including phenoxy) is 1. The molecule has 1 aliphatic rings. The Kier molecular flexibility index (Phi) is 3.65. The summed E-state index contributed by atoms with van der Waals surface area (Å²) >= 11 is 0. The first kappa shape index (κ1) is 10.4. The van der Waals surface area contributed by atoms with Crippen LogP contribution < -0.4 is 11.3 Å². The van der Waals surface area contributed by atoms with E-state index in [1.165, 1.54) is 0 Å². The van der Waals surface area contributed by atoms with Gasteiger partial charge in [-0.25, -0.2) is 5.84 Å². The van der Waals surface area contributed by atoms with Gasteiger partial charge in [0.25, 0.3) is 0 Å². The maximum absolute atomic E-state index is 11.0. The molecule has 76 valence electrons. The zero-order valence-corrected chi connectivity index (χ0v) is 8.12. The van der Waals surface area contributed by atoms with Gasteiger partial charge in [0, 0.05) is 13.1 Å².